The second kappa shape index (κ2) is 9.38. The zero-order valence-electron chi connectivity index (χ0n) is 18.6. The predicted molar refractivity (Wildman–Crippen MR) is 126 cm³/mol. The fourth-order valence-corrected chi connectivity index (χ4v) is 4.78. The van der Waals surface area contributed by atoms with Gasteiger partial charge in [0.25, 0.3) is 0 Å². The molecule has 1 aromatic carbocycles. The van der Waals surface area contributed by atoms with E-state index in [0.29, 0.717) is 17.7 Å². The predicted octanol–water partition coefficient (Wildman–Crippen LogP) is 4.23. The molecule has 1 saturated carbocycles. The van der Waals surface area contributed by atoms with E-state index in [-0.39, 0.29) is 12.2 Å². The summed E-state index contributed by atoms with van der Waals surface area (Å²) in [5, 5.41) is 17.5. The van der Waals surface area contributed by atoms with E-state index in [9.17, 15) is 5.11 Å². The second-order valence-corrected chi connectivity index (χ2v) is 9.04. The van der Waals surface area contributed by atoms with Gasteiger partial charge in [0.2, 0.25) is 11.8 Å². The molecule has 2 fully saturated rings. The summed E-state index contributed by atoms with van der Waals surface area (Å²) in [6.45, 7) is 4.00. The van der Waals surface area contributed by atoms with Gasteiger partial charge in [0.05, 0.1) is 17.0 Å². The van der Waals surface area contributed by atoms with Gasteiger partial charge in [0.1, 0.15) is 6.10 Å². The number of pyridine rings is 1. The van der Waals surface area contributed by atoms with Gasteiger partial charge in [-0.2, -0.15) is 0 Å². The minimum atomic E-state index is -0.193. The SMILES string of the molecule is Cc1cccc(Nc2ncc3c(OC4CCNCC4)ncc([C@H]4CC[C@H](O)CC4)c3n2)c1. The average molecular weight is 434 g/mol. The van der Waals surface area contributed by atoms with Gasteiger partial charge in [-0.25, -0.2) is 15.0 Å². The lowest BCUT2D eigenvalue weighted by atomic mass is 9.83. The first kappa shape index (κ1) is 21.1. The number of piperidine rings is 1. The van der Waals surface area contributed by atoms with Crippen LogP contribution < -0.4 is 15.4 Å². The Hall–Kier alpha value is -2.77. The van der Waals surface area contributed by atoms with Gasteiger partial charge in [-0.3, -0.25) is 0 Å². The summed E-state index contributed by atoms with van der Waals surface area (Å²) in [4.78, 5) is 14.2. The topological polar surface area (TPSA) is 92.2 Å². The van der Waals surface area contributed by atoms with Crippen LogP contribution in [0.5, 0.6) is 5.88 Å². The first-order valence-electron chi connectivity index (χ1n) is 11.7. The molecular formula is C25H31N5O2. The molecule has 0 unspecified atom stereocenters. The number of hydrogen-bond acceptors (Lipinski definition) is 7. The van der Waals surface area contributed by atoms with Crippen LogP contribution in [0.1, 0.15) is 55.6 Å². The van der Waals surface area contributed by atoms with Crippen molar-refractivity contribution in [3.8, 4) is 5.88 Å². The van der Waals surface area contributed by atoms with Gasteiger partial charge in [0.15, 0.2) is 0 Å². The highest BCUT2D eigenvalue weighted by molar-refractivity contribution is 5.87. The van der Waals surface area contributed by atoms with Crippen molar-refractivity contribution < 1.29 is 9.84 Å². The van der Waals surface area contributed by atoms with Crippen molar-refractivity contribution in [1.29, 1.82) is 0 Å². The number of anilines is 2. The fraction of sp³-hybridized carbons (Fsp3) is 0.480. The third kappa shape index (κ3) is 4.69. The number of benzene rings is 1. The first-order valence-corrected chi connectivity index (χ1v) is 11.7. The molecule has 0 spiro atoms. The third-order valence-corrected chi connectivity index (χ3v) is 6.59. The van der Waals surface area contributed by atoms with Gasteiger partial charge < -0.3 is 20.5 Å². The molecule has 7 heteroatoms. The first-order chi connectivity index (χ1) is 15.7. The molecule has 5 rings (SSSR count). The molecule has 0 atom stereocenters. The zero-order valence-corrected chi connectivity index (χ0v) is 18.6. The molecular weight excluding hydrogens is 402 g/mol. The Labute approximate surface area is 188 Å². The van der Waals surface area contributed by atoms with E-state index < -0.39 is 0 Å². The summed E-state index contributed by atoms with van der Waals surface area (Å²) >= 11 is 0. The molecule has 0 radical (unpaired) electrons. The van der Waals surface area contributed by atoms with Crippen molar-refractivity contribution in [3.05, 3.63) is 47.8 Å². The maximum Gasteiger partial charge on any atom is 0.227 e. The van der Waals surface area contributed by atoms with Crippen molar-refractivity contribution in [3.63, 3.8) is 0 Å². The number of aliphatic hydroxyl groups excluding tert-OH is 1. The largest absolute Gasteiger partial charge is 0.474 e. The van der Waals surface area contributed by atoms with E-state index in [1.807, 2.05) is 24.5 Å². The Morgan fingerprint density at radius 3 is 2.62 bits per heavy atom. The van der Waals surface area contributed by atoms with Gasteiger partial charge in [-0.1, -0.05) is 12.1 Å². The Morgan fingerprint density at radius 2 is 1.84 bits per heavy atom. The molecule has 7 nitrogen and oxygen atoms in total. The number of aliphatic hydroxyl groups is 1. The maximum atomic E-state index is 9.97. The third-order valence-electron chi connectivity index (χ3n) is 6.59. The molecule has 3 aromatic rings. The molecule has 2 aliphatic rings. The van der Waals surface area contributed by atoms with Crippen LogP contribution >= 0.6 is 0 Å². The van der Waals surface area contributed by atoms with E-state index in [1.54, 1.807) is 0 Å². The smallest absolute Gasteiger partial charge is 0.227 e. The number of hydrogen-bond donors (Lipinski definition) is 3. The molecule has 1 aliphatic heterocycles. The number of nitrogens with zero attached hydrogens (tertiary/aromatic N) is 3. The van der Waals surface area contributed by atoms with Crippen LogP contribution in [0.25, 0.3) is 10.9 Å². The Bertz CT molecular complexity index is 1080. The Morgan fingerprint density at radius 1 is 1.03 bits per heavy atom. The molecule has 3 N–H and O–H groups in total. The lowest BCUT2D eigenvalue weighted by molar-refractivity contribution is 0.122. The van der Waals surface area contributed by atoms with Crippen LogP contribution in [0.2, 0.25) is 0 Å². The highest BCUT2D eigenvalue weighted by Crippen LogP contribution is 2.38. The zero-order chi connectivity index (χ0) is 21.9. The number of ether oxygens (including phenoxy) is 1. The van der Waals surface area contributed by atoms with Crippen molar-refractivity contribution in [1.82, 2.24) is 20.3 Å². The number of aryl methyl sites for hydroxylation is 1. The lowest BCUT2D eigenvalue weighted by Gasteiger charge is -2.27. The molecule has 2 aromatic heterocycles. The van der Waals surface area contributed by atoms with Crippen molar-refractivity contribution in [2.75, 3.05) is 18.4 Å². The van der Waals surface area contributed by atoms with Crippen LogP contribution in [0, 0.1) is 6.92 Å². The average Bonchev–Trinajstić information content (AvgIpc) is 2.81. The van der Waals surface area contributed by atoms with Crippen LogP contribution in [-0.4, -0.2) is 45.4 Å². The second-order valence-electron chi connectivity index (χ2n) is 9.04. The highest BCUT2D eigenvalue weighted by atomic mass is 16.5. The minimum absolute atomic E-state index is 0.160. The summed E-state index contributed by atoms with van der Waals surface area (Å²) in [5.41, 5.74) is 4.17. The van der Waals surface area contributed by atoms with Crippen molar-refractivity contribution >= 4 is 22.5 Å². The quantitative estimate of drug-likeness (QED) is 0.555. The minimum Gasteiger partial charge on any atom is -0.474 e. The molecule has 0 amide bonds. The summed E-state index contributed by atoms with van der Waals surface area (Å²) < 4.78 is 6.31. The number of rotatable bonds is 5. The number of aromatic nitrogens is 3. The van der Waals surface area contributed by atoms with Gasteiger partial charge in [0, 0.05) is 23.6 Å². The maximum absolute atomic E-state index is 9.97. The van der Waals surface area contributed by atoms with E-state index >= 15 is 0 Å². The Balaban J connectivity index is 1.51. The summed E-state index contributed by atoms with van der Waals surface area (Å²) in [7, 11) is 0. The number of nitrogens with one attached hydrogen (secondary N) is 2. The van der Waals surface area contributed by atoms with Crippen molar-refractivity contribution in [2.45, 2.75) is 63.6 Å². The van der Waals surface area contributed by atoms with Crippen LogP contribution in [0.15, 0.2) is 36.7 Å². The van der Waals surface area contributed by atoms with Crippen LogP contribution in [0.4, 0.5) is 11.6 Å². The summed E-state index contributed by atoms with van der Waals surface area (Å²) in [5.74, 6) is 1.52. The molecule has 0 bridgehead atoms. The molecule has 1 aliphatic carbocycles. The van der Waals surface area contributed by atoms with Crippen molar-refractivity contribution in [2.24, 2.45) is 0 Å². The van der Waals surface area contributed by atoms with Crippen LogP contribution in [-0.2, 0) is 0 Å². The molecule has 3 heterocycles. The monoisotopic (exact) mass is 433 g/mol. The molecule has 32 heavy (non-hydrogen) atoms. The van der Waals surface area contributed by atoms with Gasteiger partial charge >= 0.3 is 0 Å². The standard InChI is InChI=1S/C25H31N5O2/c1-16-3-2-4-18(13-16)29-25-28-15-22-23(30-25)21(17-5-7-19(31)8-6-17)14-27-24(22)32-20-9-11-26-12-10-20/h2-4,13-15,17,19-20,26,31H,5-12H2,1H3,(H,28,29,30)/t17-,19-. The normalized spacial score (nSPS) is 22.1. The van der Waals surface area contributed by atoms with E-state index in [0.717, 1.165) is 73.8 Å². The molecule has 1 saturated heterocycles. The van der Waals surface area contributed by atoms with Gasteiger partial charge in [-0.15, -0.1) is 0 Å². The number of fused-ring (bicyclic) bond motifs is 1. The fourth-order valence-electron chi connectivity index (χ4n) is 4.78. The lowest BCUT2D eigenvalue weighted by Crippen LogP contribution is -2.34. The van der Waals surface area contributed by atoms with E-state index in [2.05, 4.69) is 34.7 Å². The van der Waals surface area contributed by atoms with Crippen LogP contribution in [0.3, 0.4) is 0 Å². The van der Waals surface area contributed by atoms with E-state index in [1.165, 1.54) is 5.56 Å². The Kier molecular flexibility index (Phi) is 6.19. The summed E-state index contributed by atoms with van der Waals surface area (Å²) in [6, 6.07) is 8.18. The van der Waals surface area contributed by atoms with E-state index in [4.69, 9.17) is 14.7 Å². The summed E-state index contributed by atoms with van der Waals surface area (Å²) in [6.07, 6.45) is 9.20. The van der Waals surface area contributed by atoms with Gasteiger partial charge in [-0.05, 0) is 82.2 Å². The highest BCUT2D eigenvalue weighted by Gasteiger charge is 2.25. The molecule has 168 valence electrons.